The first kappa shape index (κ1) is 17.7. The van der Waals surface area contributed by atoms with Gasteiger partial charge in [0.2, 0.25) is 11.8 Å². The molecule has 1 aromatic rings. The highest BCUT2D eigenvalue weighted by atomic mass is 19.4. The summed E-state index contributed by atoms with van der Waals surface area (Å²) in [6, 6.07) is 4.52. The number of halogens is 3. The fourth-order valence-corrected chi connectivity index (χ4v) is 2.09. The van der Waals surface area contributed by atoms with Crippen molar-refractivity contribution in [1.29, 1.82) is 0 Å². The van der Waals surface area contributed by atoms with Crippen LogP contribution in [0.1, 0.15) is 24.0 Å². The van der Waals surface area contributed by atoms with Crippen molar-refractivity contribution in [1.82, 2.24) is 10.7 Å². The maximum absolute atomic E-state index is 12.4. The van der Waals surface area contributed by atoms with E-state index in [1.165, 1.54) is 30.5 Å². The van der Waals surface area contributed by atoms with Crippen molar-refractivity contribution in [2.45, 2.75) is 19.0 Å². The van der Waals surface area contributed by atoms with Crippen molar-refractivity contribution in [2.24, 2.45) is 11.0 Å². The second-order valence-corrected chi connectivity index (χ2v) is 5.25. The second-order valence-electron chi connectivity index (χ2n) is 5.25. The minimum Gasteiger partial charge on any atom is -0.353 e. The molecule has 2 N–H and O–H groups in total. The summed E-state index contributed by atoms with van der Waals surface area (Å²) >= 11 is 0. The van der Waals surface area contributed by atoms with Crippen LogP contribution in [-0.2, 0) is 15.8 Å². The lowest BCUT2D eigenvalue weighted by molar-refractivity contribution is -0.137. The van der Waals surface area contributed by atoms with Crippen LogP contribution in [0.2, 0.25) is 0 Å². The zero-order valence-electron chi connectivity index (χ0n) is 12.6. The molecule has 0 saturated carbocycles. The van der Waals surface area contributed by atoms with Crippen LogP contribution >= 0.6 is 0 Å². The molecule has 0 aliphatic carbocycles. The Bertz CT molecular complexity index is 652. The quantitative estimate of drug-likeness (QED) is 0.617. The van der Waals surface area contributed by atoms with Crippen LogP contribution in [0.5, 0.6) is 0 Å². The van der Waals surface area contributed by atoms with E-state index >= 15 is 0 Å². The number of nitrogens with zero attached hydrogens (tertiary/aromatic N) is 1. The Hall–Kier alpha value is -2.64. The van der Waals surface area contributed by atoms with Gasteiger partial charge in [0.15, 0.2) is 0 Å². The lowest BCUT2D eigenvalue weighted by Gasteiger charge is -2.06. The molecule has 0 spiro atoms. The van der Waals surface area contributed by atoms with Crippen LogP contribution in [0.15, 0.2) is 35.4 Å². The Morgan fingerprint density at radius 1 is 1.29 bits per heavy atom. The van der Waals surface area contributed by atoms with Crippen molar-refractivity contribution in [3.63, 3.8) is 0 Å². The van der Waals surface area contributed by atoms with Gasteiger partial charge in [-0.25, -0.2) is 5.43 Å². The van der Waals surface area contributed by atoms with Crippen LogP contribution < -0.4 is 10.7 Å². The summed E-state index contributed by atoms with van der Waals surface area (Å²) in [5.74, 6) is -0.757. The number of benzene rings is 1. The number of amides is 2. The van der Waals surface area contributed by atoms with E-state index in [1.54, 1.807) is 0 Å². The number of rotatable bonds is 6. The average Bonchev–Trinajstić information content (AvgIpc) is 2.94. The van der Waals surface area contributed by atoms with Gasteiger partial charge in [-0.2, -0.15) is 18.3 Å². The van der Waals surface area contributed by atoms with Gasteiger partial charge in [0, 0.05) is 18.8 Å². The third-order valence-electron chi connectivity index (χ3n) is 3.42. The highest BCUT2D eigenvalue weighted by molar-refractivity contribution is 5.97. The van der Waals surface area contributed by atoms with Gasteiger partial charge in [-0.1, -0.05) is 12.1 Å². The number of hydrazone groups is 1. The third kappa shape index (κ3) is 5.22. The van der Waals surface area contributed by atoms with Gasteiger partial charge in [-0.15, -0.1) is 0 Å². The second kappa shape index (κ2) is 7.76. The highest BCUT2D eigenvalue weighted by Gasteiger charge is 2.29. The molecular weight excluding hydrogens is 323 g/mol. The minimum absolute atomic E-state index is 0.150. The minimum atomic E-state index is -4.37. The van der Waals surface area contributed by atoms with Crippen molar-refractivity contribution in [3.8, 4) is 0 Å². The maximum atomic E-state index is 12.4. The Morgan fingerprint density at radius 2 is 2.00 bits per heavy atom. The topological polar surface area (TPSA) is 70.6 Å². The summed E-state index contributed by atoms with van der Waals surface area (Å²) in [6.07, 6.45) is 1.05. The summed E-state index contributed by atoms with van der Waals surface area (Å²) in [6.45, 7) is 0.397. The zero-order chi connectivity index (χ0) is 17.6. The molecule has 2 rings (SSSR count). The summed E-state index contributed by atoms with van der Waals surface area (Å²) < 4.78 is 37.3. The normalized spacial score (nSPS) is 17.3. The molecule has 1 atom stereocenters. The number of hydrogen-bond acceptors (Lipinski definition) is 3. The number of nitrogens with one attached hydrogen (secondary N) is 2. The van der Waals surface area contributed by atoms with Gasteiger partial charge in [0.1, 0.15) is 0 Å². The Kier molecular flexibility index (Phi) is 5.73. The van der Waals surface area contributed by atoms with Gasteiger partial charge in [0.25, 0.3) is 0 Å². The first-order valence-electron chi connectivity index (χ1n) is 7.32. The lowest BCUT2D eigenvalue weighted by Crippen LogP contribution is -2.24. The predicted octanol–water partition coefficient (Wildman–Crippen LogP) is 2.35. The molecule has 1 aliphatic heterocycles. The number of carbonyl (C=O) groups excluding carboxylic acids is 2. The number of carbonyl (C=O) groups is 2. The molecule has 1 unspecified atom stereocenters. The molecule has 0 fully saturated rings. The van der Waals surface area contributed by atoms with E-state index in [4.69, 9.17) is 0 Å². The van der Waals surface area contributed by atoms with Crippen LogP contribution in [0.4, 0.5) is 13.2 Å². The molecular formula is C16H16F3N3O2. The van der Waals surface area contributed by atoms with E-state index in [1.807, 2.05) is 0 Å². The molecule has 2 amide bonds. The molecule has 5 nitrogen and oxygen atoms in total. The molecule has 0 bridgehead atoms. The van der Waals surface area contributed by atoms with Crippen LogP contribution in [0.3, 0.4) is 0 Å². The van der Waals surface area contributed by atoms with E-state index in [-0.39, 0.29) is 17.7 Å². The first-order chi connectivity index (χ1) is 11.4. The standard InChI is InChI=1S/C16H16F3N3O2/c17-16(18,19)13-6-3-11(4-7-13)5-8-14(23)20-9-1-2-12-10-21-22-15(12)24/h3-8,10,12H,1-2,9H2,(H,20,23)(H,22,24). The smallest absolute Gasteiger partial charge is 0.353 e. The lowest BCUT2D eigenvalue weighted by atomic mass is 10.1. The molecule has 8 heteroatoms. The Balaban J connectivity index is 1.72. The summed E-state index contributed by atoms with van der Waals surface area (Å²) in [5.41, 5.74) is 2.10. The molecule has 0 aromatic heterocycles. The summed E-state index contributed by atoms with van der Waals surface area (Å²) in [7, 11) is 0. The fourth-order valence-electron chi connectivity index (χ4n) is 2.09. The summed E-state index contributed by atoms with van der Waals surface area (Å²) in [5, 5.41) is 6.30. The van der Waals surface area contributed by atoms with Gasteiger partial charge in [0.05, 0.1) is 11.5 Å². The van der Waals surface area contributed by atoms with E-state index < -0.39 is 11.7 Å². The Labute approximate surface area is 136 Å². The van der Waals surface area contributed by atoms with Crippen LogP contribution in [0, 0.1) is 5.92 Å². The number of hydrogen-bond donors (Lipinski definition) is 2. The monoisotopic (exact) mass is 339 g/mol. The maximum Gasteiger partial charge on any atom is 0.416 e. The molecule has 1 heterocycles. The fraction of sp³-hybridized carbons (Fsp3) is 0.312. The van der Waals surface area contributed by atoms with E-state index in [9.17, 15) is 22.8 Å². The summed E-state index contributed by atoms with van der Waals surface area (Å²) in [4.78, 5) is 22.9. The van der Waals surface area contributed by atoms with Gasteiger partial charge in [-0.3, -0.25) is 9.59 Å². The Morgan fingerprint density at radius 3 is 2.58 bits per heavy atom. The molecule has 128 valence electrons. The van der Waals surface area contributed by atoms with E-state index in [2.05, 4.69) is 15.8 Å². The van der Waals surface area contributed by atoms with Gasteiger partial charge >= 0.3 is 6.18 Å². The molecule has 0 radical (unpaired) electrons. The van der Waals surface area contributed by atoms with E-state index in [0.29, 0.717) is 24.9 Å². The van der Waals surface area contributed by atoms with Gasteiger partial charge < -0.3 is 5.32 Å². The highest BCUT2D eigenvalue weighted by Crippen LogP contribution is 2.29. The van der Waals surface area contributed by atoms with Crippen molar-refractivity contribution >= 4 is 24.1 Å². The van der Waals surface area contributed by atoms with Crippen LogP contribution in [0.25, 0.3) is 6.08 Å². The molecule has 1 aromatic carbocycles. The van der Waals surface area contributed by atoms with E-state index in [0.717, 1.165) is 12.1 Å². The zero-order valence-corrected chi connectivity index (χ0v) is 12.6. The van der Waals surface area contributed by atoms with Crippen LogP contribution in [-0.4, -0.2) is 24.6 Å². The predicted molar refractivity (Wildman–Crippen MR) is 82.8 cm³/mol. The molecule has 0 saturated heterocycles. The SMILES string of the molecule is O=C(C=Cc1ccc(C(F)(F)F)cc1)NCCCC1C=NNC1=O. The largest absolute Gasteiger partial charge is 0.416 e. The van der Waals surface area contributed by atoms with Crippen molar-refractivity contribution in [3.05, 3.63) is 41.5 Å². The average molecular weight is 339 g/mol. The van der Waals surface area contributed by atoms with Crippen molar-refractivity contribution < 1.29 is 22.8 Å². The molecule has 24 heavy (non-hydrogen) atoms. The molecule has 1 aliphatic rings. The first-order valence-corrected chi connectivity index (χ1v) is 7.32. The number of alkyl halides is 3. The third-order valence-corrected chi connectivity index (χ3v) is 3.42. The van der Waals surface area contributed by atoms with Gasteiger partial charge in [-0.05, 0) is 36.6 Å². The van der Waals surface area contributed by atoms with Crippen molar-refractivity contribution in [2.75, 3.05) is 6.54 Å².